The van der Waals surface area contributed by atoms with Crippen LogP contribution >= 0.6 is 11.3 Å². The van der Waals surface area contributed by atoms with Gasteiger partial charge in [0.25, 0.3) is 11.8 Å². The summed E-state index contributed by atoms with van der Waals surface area (Å²) in [7, 11) is 0. The molecule has 0 aliphatic carbocycles. The minimum absolute atomic E-state index is 0.0352. The molecule has 222 valence electrons. The third kappa shape index (κ3) is 6.84. The number of hydrogen-bond acceptors (Lipinski definition) is 10. The summed E-state index contributed by atoms with van der Waals surface area (Å²) in [6.07, 6.45) is -0.726. The molecule has 1 fully saturated rings. The maximum atomic E-state index is 13.3. The first-order valence-electron chi connectivity index (χ1n) is 13.4. The van der Waals surface area contributed by atoms with E-state index in [4.69, 9.17) is 9.15 Å². The van der Waals surface area contributed by atoms with Gasteiger partial charge in [0.15, 0.2) is 5.69 Å². The van der Waals surface area contributed by atoms with Gasteiger partial charge < -0.3 is 35.3 Å². The summed E-state index contributed by atoms with van der Waals surface area (Å²) in [5.41, 5.74) is 0.205. The third-order valence-corrected chi connectivity index (χ3v) is 7.67. The number of thiazole rings is 1. The highest BCUT2D eigenvalue weighted by molar-refractivity contribution is 7.09. The number of ether oxygens (including phenoxy) is 1. The summed E-state index contributed by atoms with van der Waals surface area (Å²) >= 11 is 1.24. The van der Waals surface area contributed by atoms with Crippen LogP contribution < -0.4 is 21.3 Å². The van der Waals surface area contributed by atoms with Crippen molar-refractivity contribution in [2.45, 2.75) is 65.7 Å². The van der Waals surface area contributed by atoms with Gasteiger partial charge in [0.2, 0.25) is 17.7 Å². The van der Waals surface area contributed by atoms with Crippen molar-refractivity contribution in [1.29, 1.82) is 0 Å². The summed E-state index contributed by atoms with van der Waals surface area (Å²) < 4.78 is 10.7. The average Bonchev–Trinajstić information content (AvgIpc) is 3.64. The Hall–Kier alpha value is -4.01. The number of carbonyl (C=O) groups is 5. The van der Waals surface area contributed by atoms with Gasteiger partial charge in [-0.15, -0.1) is 11.3 Å². The standard InChI is InChI=1S/C26H35N7O7S/c1-11(2)18-23-32-20(14(6)40-23)22(36)27-13(5)7-33(25(37)15-9-39-26(38)29-15)8-17(34)30-19(12(3)4)24-28-16(10-41-24)21(35)31-18/h10-13,15,18-19H,7-9H2,1-6H3,(H,27,36)(H,29,38)(H,30,34)(H,31,35)/t13-,15+,18-,19+/m1/s1. The molecule has 4 N–H and O–H groups in total. The maximum absolute atomic E-state index is 13.3. The molecule has 0 aromatic carbocycles. The lowest BCUT2D eigenvalue weighted by atomic mass is 10.0. The Bertz CT molecular complexity index is 1340. The first-order chi connectivity index (χ1) is 19.3. The SMILES string of the molecule is Cc1oc2nc1C(=O)N[C@H](C)CN(C(=O)[C@@H]1COC(=O)N1)CC(=O)N[C@@H](C(C)C)c1nc(cs1)C(=O)N[C@@H]2C(C)C. The molecule has 0 radical (unpaired) electrons. The second kappa shape index (κ2) is 12.2. The highest BCUT2D eigenvalue weighted by Crippen LogP contribution is 2.27. The van der Waals surface area contributed by atoms with E-state index in [1.165, 1.54) is 16.2 Å². The van der Waals surface area contributed by atoms with E-state index in [9.17, 15) is 24.0 Å². The van der Waals surface area contributed by atoms with E-state index in [0.717, 1.165) is 0 Å². The molecule has 4 atom stereocenters. The molecule has 0 saturated carbocycles. The minimum atomic E-state index is -0.967. The molecule has 4 bridgehead atoms. The van der Waals surface area contributed by atoms with Gasteiger partial charge in [0, 0.05) is 18.0 Å². The van der Waals surface area contributed by atoms with Crippen molar-refractivity contribution in [1.82, 2.24) is 36.1 Å². The fraction of sp³-hybridized carbons (Fsp3) is 0.577. The second-order valence-corrected chi connectivity index (χ2v) is 11.8. The molecule has 2 aromatic heterocycles. The molecule has 1 saturated heterocycles. The van der Waals surface area contributed by atoms with Crippen molar-refractivity contribution >= 4 is 41.1 Å². The van der Waals surface area contributed by atoms with Crippen LogP contribution in [0.1, 0.15) is 84.3 Å². The first-order valence-corrected chi connectivity index (χ1v) is 14.3. The van der Waals surface area contributed by atoms with Crippen LogP contribution in [0.15, 0.2) is 9.80 Å². The molecule has 41 heavy (non-hydrogen) atoms. The van der Waals surface area contributed by atoms with Crippen molar-refractivity contribution in [3.63, 3.8) is 0 Å². The summed E-state index contributed by atoms with van der Waals surface area (Å²) in [5.74, 6) is -1.77. The van der Waals surface area contributed by atoms with Crippen molar-refractivity contribution in [2.75, 3.05) is 19.7 Å². The zero-order valence-electron chi connectivity index (χ0n) is 23.8. The van der Waals surface area contributed by atoms with Crippen LogP contribution in [0.2, 0.25) is 0 Å². The van der Waals surface area contributed by atoms with Gasteiger partial charge >= 0.3 is 6.09 Å². The topological polar surface area (TPSA) is 185 Å². The lowest BCUT2D eigenvalue weighted by Crippen LogP contribution is -2.53. The number of nitrogens with one attached hydrogen (secondary N) is 4. The van der Waals surface area contributed by atoms with Gasteiger partial charge in [-0.25, -0.2) is 14.8 Å². The molecule has 2 aliphatic heterocycles. The number of cyclic esters (lactones) is 1. The van der Waals surface area contributed by atoms with Crippen LogP contribution in [0.5, 0.6) is 0 Å². The number of amides is 5. The van der Waals surface area contributed by atoms with Gasteiger partial charge in [0.05, 0.1) is 12.6 Å². The predicted molar refractivity (Wildman–Crippen MR) is 146 cm³/mol. The first kappa shape index (κ1) is 30.0. The molecule has 2 aliphatic rings. The van der Waals surface area contributed by atoms with E-state index in [1.807, 2.05) is 27.7 Å². The fourth-order valence-electron chi connectivity index (χ4n) is 4.57. The predicted octanol–water partition coefficient (Wildman–Crippen LogP) is 1.45. The number of carbonyl (C=O) groups excluding carboxylic acids is 5. The van der Waals surface area contributed by atoms with Crippen molar-refractivity contribution in [2.24, 2.45) is 11.8 Å². The average molecular weight is 590 g/mol. The lowest BCUT2D eigenvalue weighted by Gasteiger charge is -2.29. The Morgan fingerprint density at radius 3 is 2.34 bits per heavy atom. The molecule has 2 aromatic rings. The van der Waals surface area contributed by atoms with E-state index in [-0.39, 0.29) is 54.6 Å². The van der Waals surface area contributed by atoms with Gasteiger partial charge in [0.1, 0.15) is 35.2 Å². The summed E-state index contributed by atoms with van der Waals surface area (Å²) in [4.78, 5) is 74.6. The van der Waals surface area contributed by atoms with Crippen molar-refractivity contribution in [3.05, 3.63) is 33.4 Å². The number of fused-ring (bicyclic) bond motifs is 4. The number of aryl methyl sites for hydroxylation is 1. The van der Waals surface area contributed by atoms with Gasteiger partial charge in [-0.2, -0.15) is 0 Å². The van der Waals surface area contributed by atoms with E-state index in [2.05, 4.69) is 31.2 Å². The van der Waals surface area contributed by atoms with E-state index < -0.39 is 53.9 Å². The third-order valence-electron chi connectivity index (χ3n) is 6.74. The monoisotopic (exact) mass is 589 g/mol. The van der Waals surface area contributed by atoms with Gasteiger partial charge in [-0.1, -0.05) is 27.7 Å². The van der Waals surface area contributed by atoms with Crippen LogP contribution in [0.25, 0.3) is 0 Å². The van der Waals surface area contributed by atoms with Gasteiger partial charge in [-0.05, 0) is 25.7 Å². The Morgan fingerprint density at radius 1 is 1.00 bits per heavy atom. The highest BCUT2D eigenvalue weighted by atomic mass is 32.1. The van der Waals surface area contributed by atoms with Crippen LogP contribution in [0, 0.1) is 18.8 Å². The van der Waals surface area contributed by atoms with Crippen LogP contribution in [-0.4, -0.2) is 76.4 Å². The minimum Gasteiger partial charge on any atom is -0.447 e. The zero-order valence-corrected chi connectivity index (χ0v) is 24.6. The maximum Gasteiger partial charge on any atom is 0.407 e. The Balaban J connectivity index is 1.71. The van der Waals surface area contributed by atoms with Crippen LogP contribution in [0.4, 0.5) is 4.79 Å². The zero-order chi connectivity index (χ0) is 30.0. The van der Waals surface area contributed by atoms with Gasteiger partial charge in [-0.3, -0.25) is 19.2 Å². The summed E-state index contributed by atoms with van der Waals surface area (Å²) in [5, 5.41) is 13.2. The van der Waals surface area contributed by atoms with Crippen LogP contribution in [-0.2, 0) is 14.3 Å². The molecule has 0 unspecified atom stereocenters. The second-order valence-electron chi connectivity index (χ2n) is 10.9. The van der Waals surface area contributed by atoms with E-state index in [0.29, 0.717) is 5.01 Å². The number of aromatic nitrogens is 2. The molecule has 14 nitrogen and oxygen atoms in total. The van der Waals surface area contributed by atoms with Crippen LogP contribution in [0.3, 0.4) is 0 Å². The molecule has 5 amide bonds. The largest absolute Gasteiger partial charge is 0.447 e. The quantitative estimate of drug-likeness (QED) is 0.411. The molecule has 4 heterocycles. The molecule has 15 heteroatoms. The highest BCUT2D eigenvalue weighted by Gasteiger charge is 2.35. The molecule has 4 rings (SSSR count). The van der Waals surface area contributed by atoms with Crippen molar-refractivity contribution < 1.29 is 33.1 Å². The Morgan fingerprint density at radius 2 is 1.71 bits per heavy atom. The molecular formula is C26H35N7O7S. The fourth-order valence-corrected chi connectivity index (χ4v) is 5.59. The van der Waals surface area contributed by atoms with E-state index in [1.54, 1.807) is 19.2 Å². The number of oxazole rings is 1. The Labute approximate surface area is 241 Å². The smallest absolute Gasteiger partial charge is 0.407 e. The normalized spacial score (nSPS) is 24.2. The Kier molecular flexibility index (Phi) is 8.95. The van der Waals surface area contributed by atoms with E-state index >= 15 is 0 Å². The molecular weight excluding hydrogens is 554 g/mol. The number of rotatable bonds is 3. The number of hydrogen-bond donors (Lipinski definition) is 4. The summed E-state index contributed by atoms with van der Waals surface area (Å²) in [6, 6.07) is -2.75. The summed E-state index contributed by atoms with van der Waals surface area (Å²) in [6.45, 7) is 10.3. The lowest BCUT2D eigenvalue weighted by molar-refractivity contribution is -0.138. The number of nitrogens with zero attached hydrogens (tertiary/aromatic N) is 3. The molecule has 0 spiro atoms. The number of alkyl carbamates (subject to hydrolysis) is 1. The van der Waals surface area contributed by atoms with Crippen molar-refractivity contribution in [3.8, 4) is 0 Å².